The second kappa shape index (κ2) is 43.3. The molecule has 1 aromatic heterocycles. The summed E-state index contributed by atoms with van der Waals surface area (Å²) in [4.78, 5) is 3.97. The van der Waals surface area contributed by atoms with Gasteiger partial charge in [-0.15, -0.1) is 0 Å². The van der Waals surface area contributed by atoms with E-state index in [4.69, 9.17) is 52.1 Å². The summed E-state index contributed by atoms with van der Waals surface area (Å²) in [5, 5.41) is 15.3. The summed E-state index contributed by atoms with van der Waals surface area (Å²) >= 11 is 14.7. The maximum absolute atomic E-state index is 8.52. The molecule has 0 saturated carbocycles. The zero-order valence-electron chi connectivity index (χ0n) is 60.3. The van der Waals surface area contributed by atoms with Crippen LogP contribution in [-0.4, -0.2) is 40.5 Å². The molecule has 7 nitrogen and oxygen atoms in total. The molecule has 0 radical (unpaired) electrons. The Hall–Kier alpha value is -7.80. The molecule has 9 aromatic carbocycles. The van der Waals surface area contributed by atoms with Gasteiger partial charge in [0, 0.05) is 21.8 Å². The second-order valence-electron chi connectivity index (χ2n) is 25.2. The number of aromatic nitrogens is 1. The average molecular weight is 1390 g/mol. The zero-order chi connectivity index (χ0) is 70.7. The molecule has 0 amide bonds. The number of hydrogen-bond acceptors (Lipinski definition) is 7. The van der Waals surface area contributed by atoms with Crippen LogP contribution in [0.15, 0.2) is 211 Å². The third-order valence-corrected chi connectivity index (χ3v) is 16.5. The topological polar surface area (TPSA) is 82.8 Å². The number of ether oxygens (including phenoxy) is 5. The Kier molecular flexibility index (Phi) is 37.1. The van der Waals surface area contributed by atoms with Gasteiger partial charge in [0.05, 0.1) is 47.2 Å². The van der Waals surface area contributed by atoms with Gasteiger partial charge in [-0.1, -0.05) is 283 Å². The Morgan fingerprint density at radius 1 is 0.358 bits per heavy atom. The third-order valence-electron chi connectivity index (χ3n) is 15.5. The van der Waals surface area contributed by atoms with Crippen LogP contribution in [-0.2, 0) is 0 Å². The van der Waals surface area contributed by atoms with E-state index in [2.05, 4.69) is 259 Å². The summed E-state index contributed by atoms with van der Waals surface area (Å²) < 4.78 is 27.3. The van der Waals surface area contributed by atoms with Gasteiger partial charge in [-0.3, -0.25) is 0 Å². The molecular formula is C85H105BrCl2N2O5. The van der Waals surface area contributed by atoms with E-state index < -0.39 is 0 Å². The van der Waals surface area contributed by atoms with E-state index >= 15 is 0 Å². The molecule has 10 rings (SSSR count). The monoisotopic (exact) mass is 1380 g/mol. The molecule has 0 saturated heterocycles. The van der Waals surface area contributed by atoms with Crippen LogP contribution in [0.3, 0.4) is 0 Å². The van der Waals surface area contributed by atoms with Crippen molar-refractivity contribution in [1.82, 2.24) is 4.98 Å². The van der Waals surface area contributed by atoms with E-state index in [9.17, 15) is 0 Å². The van der Waals surface area contributed by atoms with Gasteiger partial charge in [0.1, 0.15) is 16.7 Å². The lowest BCUT2D eigenvalue weighted by Gasteiger charge is -2.15. The van der Waals surface area contributed by atoms with Crippen LogP contribution in [0.1, 0.15) is 208 Å². The number of pyridine rings is 1. The van der Waals surface area contributed by atoms with Crippen molar-refractivity contribution < 1.29 is 23.7 Å². The first-order valence-corrected chi connectivity index (χ1v) is 34.4. The fourth-order valence-corrected chi connectivity index (χ4v) is 9.92. The maximum atomic E-state index is 8.52. The van der Waals surface area contributed by atoms with Gasteiger partial charge in [-0.25, -0.2) is 4.98 Å². The number of fused-ring (bicyclic) bond motifs is 2. The molecule has 0 unspecified atom stereocenters. The van der Waals surface area contributed by atoms with Crippen LogP contribution in [0.5, 0.6) is 28.7 Å². The van der Waals surface area contributed by atoms with Gasteiger partial charge < -0.3 is 23.7 Å². The first-order valence-electron chi connectivity index (χ1n) is 32.8. The van der Waals surface area contributed by atoms with Gasteiger partial charge in [-0.05, 0) is 174 Å². The van der Waals surface area contributed by atoms with E-state index in [1.807, 2.05) is 85.1 Å². The van der Waals surface area contributed by atoms with Gasteiger partial charge in [0.2, 0.25) is 5.75 Å². The Balaban J connectivity index is 0.000000284. The lowest BCUT2D eigenvalue weighted by molar-refractivity contribution is 0.323. The van der Waals surface area contributed by atoms with E-state index in [1.165, 1.54) is 66.1 Å². The minimum atomic E-state index is 0.429. The summed E-state index contributed by atoms with van der Waals surface area (Å²) in [5.41, 5.74) is 11.2. The molecule has 0 aliphatic carbocycles. The SMILES string of the molecule is CC(C)c1ccc(Br)cc1.CC(C)c1ccc(C#N)cc1.CC(C)c1ccc(Cl)cc1.CC(C)c1ccc(Cl)nc1.CC(C)c1ccc2ccccc2c1.CC(C)c1cccc2ccccc12.COc1cc(C(C)C)cc(OC)c1OC.COc1ccc(C(C)C)c(OC)c1. The summed E-state index contributed by atoms with van der Waals surface area (Å²) in [7, 11) is 8.20. The first kappa shape index (κ1) is 81.4. The molecule has 0 fully saturated rings. The van der Waals surface area contributed by atoms with Crippen molar-refractivity contribution in [2.75, 3.05) is 35.5 Å². The smallest absolute Gasteiger partial charge is 0.203 e. The van der Waals surface area contributed by atoms with Gasteiger partial charge >= 0.3 is 0 Å². The zero-order valence-corrected chi connectivity index (χ0v) is 63.4. The van der Waals surface area contributed by atoms with E-state index in [0.29, 0.717) is 69.7 Å². The van der Waals surface area contributed by atoms with Gasteiger partial charge in [0.15, 0.2) is 11.5 Å². The van der Waals surface area contributed by atoms with Gasteiger partial charge in [-0.2, -0.15) is 5.26 Å². The fraction of sp³-hybridized carbons (Fsp3) is 0.341. The number of hydrogen-bond donors (Lipinski definition) is 0. The highest BCUT2D eigenvalue weighted by atomic mass is 79.9. The van der Waals surface area contributed by atoms with E-state index in [1.54, 1.807) is 35.5 Å². The first-order chi connectivity index (χ1) is 45.2. The molecule has 0 aliphatic rings. The molecule has 10 aromatic rings. The lowest BCUT2D eigenvalue weighted by Crippen LogP contribution is -1.97. The van der Waals surface area contributed by atoms with Gasteiger partial charge in [0.25, 0.3) is 0 Å². The Morgan fingerprint density at radius 3 is 1.24 bits per heavy atom. The maximum Gasteiger partial charge on any atom is 0.203 e. The van der Waals surface area contributed by atoms with E-state index in [-0.39, 0.29) is 0 Å². The Labute approximate surface area is 590 Å². The number of methoxy groups -OCH3 is 5. The highest BCUT2D eigenvalue weighted by Crippen LogP contribution is 2.40. The molecular weight excluding hydrogens is 1280 g/mol. The van der Waals surface area contributed by atoms with Crippen molar-refractivity contribution in [3.63, 3.8) is 0 Å². The Bertz CT molecular complexity index is 3660. The highest BCUT2D eigenvalue weighted by molar-refractivity contribution is 9.10. The highest BCUT2D eigenvalue weighted by Gasteiger charge is 2.15. The molecule has 0 aliphatic heterocycles. The van der Waals surface area contributed by atoms with Crippen LogP contribution in [0.4, 0.5) is 0 Å². The predicted molar refractivity (Wildman–Crippen MR) is 412 cm³/mol. The third kappa shape index (κ3) is 28.6. The second-order valence-corrected chi connectivity index (χ2v) is 27.0. The van der Waals surface area contributed by atoms with Crippen molar-refractivity contribution in [3.05, 3.63) is 271 Å². The van der Waals surface area contributed by atoms with Crippen molar-refractivity contribution in [1.29, 1.82) is 5.26 Å². The molecule has 0 bridgehead atoms. The van der Waals surface area contributed by atoms with Crippen molar-refractivity contribution in [3.8, 4) is 34.8 Å². The summed E-state index contributed by atoms with van der Waals surface area (Å²) in [6.07, 6.45) is 1.81. The van der Waals surface area contributed by atoms with Crippen LogP contribution in [0.2, 0.25) is 10.2 Å². The van der Waals surface area contributed by atoms with Crippen LogP contribution in [0, 0.1) is 11.3 Å². The normalized spacial score (nSPS) is 10.4. The van der Waals surface area contributed by atoms with Crippen molar-refractivity contribution >= 4 is 60.7 Å². The quantitative estimate of drug-likeness (QED) is 0.106. The molecule has 1 heterocycles. The Morgan fingerprint density at radius 2 is 0.800 bits per heavy atom. The number of nitriles is 1. The van der Waals surface area contributed by atoms with Crippen LogP contribution in [0.25, 0.3) is 21.5 Å². The minimum absolute atomic E-state index is 0.429. The standard InChI is InChI=1S/2C13H14.C12H18O3.C11H16O2.C10H11N.C9H11Br.C9H11Cl.C8H10ClN/c1-10(2)12-9-5-7-11-6-3-4-8-13(11)12;1-10(2)12-8-7-11-5-3-4-6-13(11)9-12;1-8(2)9-6-10(13-3)12(15-5)11(7-9)14-4;1-8(2)10-6-5-9(12-3)7-11(10)13-4;1-8(2)10-5-3-9(7-11)4-6-10;2*1-7(2)8-3-5-9(10)6-4-8;1-6(2)7-3-4-8(9)10-5-7/h2*3-10H,1-2H3;6-8H,1-5H3;5-8H,1-4H3;3-6,8H,1-2H3;2*3-7H,1-2H3;3-6H,1-2H3. The summed E-state index contributed by atoms with van der Waals surface area (Å²) in [6.45, 7) is 34.7. The predicted octanol–water partition coefficient (Wildman–Crippen LogP) is 26.2. The average Bonchev–Trinajstić information content (AvgIpc) is 1.13. The van der Waals surface area contributed by atoms with Crippen molar-refractivity contribution in [2.45, 2.75) is 158 Å². The lowest BCUT2D eigenvalue weighted by atomic mass is 9.96. The van der Waals surface area contributed by atoms with Crippen molar-refractivity contribution in [2.24, 2.45) is 0 Å². The summed E-state index contributed by atoms with van der Waals surface area (Å²) in [5.74, 6) is 8.22. The van der Waals surface area contributed by atoms with Crippen LogP contribution >= 0.6 is 39.1 Å². The minimum Gasteiger partial charge on any atom is -0.497 e. The molecule has 0 N–H and O–H groups in total. The fourth-order valence-electron chi connectivity index (χ4n) is 9.42. The number of benzene rings is 9. The molecule has 10 heteroatoms. The molecule has 0 spiro atoms. The van der Waals surface area contributed by atoms with Crippen LogP contribution < -0.4 is 23.7 Å². The number of halogens is 3. The molecule has 0 atom stereocenters. The summed E-state index contributed by atoms with van der Waals surface area (Å²) in [6, 6.07) is 70.2. The number of rotatable bonds is 13. The largest absolute Gasteiger partial charge is 0.497 e. The molecule has 506 valence electrons. The molecule has 95 heavy (non-hydrogen) atoms. The number of nitrogens with zero attached hydrogens (tertiary/aromatic N) is 2. The van der Waals surface area contributed by atoms with E-state index in [0.717, 1.165) is 26.6 Å².